The first-order valence-corrected chi connectivity index (χ1v) is 14.7. The van der Waals surface area contributed by atoms with Gasteiger partial charge in [-0.15, -0.1) is 0 Å². The Balaban J connectivity index is 1.08. The molecular formula is C30H34F3N9O2. The number of aromatic amines is 1. The van der Waals surface area contributed by atoms with Crippen LogP contribution in [0.3, 0.4) is 0 Å². The fourth-order valence-electron chi connectivity index (χ4n) is 6.18. The molecule has 6 rings (SSSR count). The Hall–Kier alpha value is -4.06. The minimum absolute atomic E-state index is 0.0381. The second-order valence-corrected chi connectivity index (χ2v) is 11.8. The number of likely N-dealkylation sites (tertiary alicyclic amines) is 1. The number of aliphatic hydroxyl groups is 1. The van der Waals surface area contributed by atoms with Crippen LogP contribution in [-0.4, -0.2) is 77.6 Å². The minimum Gasteiger partial charge on any atom is -0.474 e. The third kappa shape index (κ3) is 6.12. The monoisotopic (exact) mass is 609 g/mol. The molecule has 11 nitrogen and oxygen atoms in total. The number of nitrogens with zero attached hydrogens (tertiary/aromatic N) is 7. The first-order chi connectivity index (χ1) is 21.2. The van der Waals surface area contributed by atoms with Gasteiger partial charge < -0.3 is 20.1 Å². The Kier molecular flexibility index (Phi) is 8.28. The van der Waals surface area contributed by atoms with Gasteiger partial charge in [0, 0.05) is 61.1 Å². The summed E-state index contributed by atoms with van der Waals surface area (Å²) in [4.78, 5) is 17.9. The first kappa shape index (κ1) is 30.0. The predicted molar refractivity (Wildman–Crippen MR) is 154 cm³/mol. The van der Waals surface area contributed by atoms with E-state index in [2.05, 4.69) is 41.3 Å². The molecule has 5 heterocycles. The number of aliphatic hydroxyl groups excluding tert-OH is 1. The van der Waals surface area contributed by atoms with Crippen LogP contribution in [0.1, 0.15) is 50.3 Å². The van der Waals surface area contributed by atoms with E-state index in [1.165, 1.54) is 12.4 Å². The van der Waals surface area contributed by atoms with Crippen LogP contribution < -0.4 is 10.1 Å². The van der Waals surface area contributed by atoms with Gasteiger partial charge in [-0.2, -0.15) is 23.5 Å². The van der Waals surface area contributed by atoms with E-state index >= 15 is 0 Å². The molecule has 3 N–H and O–H groups in total. The molecule has 1 atom stereocenters. The summed E-state index contributed by atoms with van der Waals surface area (Å²) < 4.78 is 48.5. The quantitative estimate of drug-likeness (QED) is 0.243. The minimum atomic E-state index is -4.60. The second-order valence-electron chi connectivity index (χ2n) is 11.8. The van der Waals surface area contributed by atoms with E-state index < -0.39 is 17.4 Å². The topological polar surface area (TPSA) is 141 Å². The Labute approximate surface area is 252 Å². The van der Waals surface area contributed by atoms with Crippen LogP contribution in [0.4, 0.5) is 13.2 Å². The van der Waals surface area contributed by atoms with Crippen LogP contribution in [0.5, 0.6) is 5.88 Å². The molecule has 0 amide bonds. The molecule has 4 aromatic rings. The number of halogens is 3. The summed E-state index contributed by atoms with van der Waals surface area (Å²) in [6, 6.07) is 6.84. The largest absolute Gasteiger partial charge is 0.474 e. The smallest absolute Gasteiger partial charge is 0.433 e. The molecule has 1 saturated heterocycles. The molecule has 1 saturated carbocycles. The predicted octanol–water partition coefficient (Wildman–Crippen LogP) is 4.02. The van der Waals surface area contributed by atoms with Crippen LogP contribution in [0.2, 0.25) is 0 Å². The molecule has 2 aliphatic rings. The van der Waals surface area contributed by atoms with Crippen LogP contribution in [0.15, 0.2) is 43.1 Å². The maximum atomic E-state index is 13.5. The number of alkyl halides is 3. The number of aromatic nitrogens is 6. The number of nitrogens with one attached hydrogen (secondary N) is 2. The molecule has 4 aromatic heterocycles. The molecule has 0 unspecified atom stereocenters. The van der Waals surface area contributed by atoms with Crippen molar-refractivity contribution in [3.63, 3.8) is 0 Å². The molecule has 2 fully saturated rings. The Morgan fingerprint density at radius 2 is 2.02 bits per heavy atom. The molecule has 1 aliphatic carbocycles. The average Bonchev–Trinajstić information content (AvgIpc) is 3.68. The van der Waals surface area contributed by atoms with Crippen molar-refractivity contribution in [2.45, 2.75) is 75.5 Å². The lowest BCUT2D eigenvalue weighted by atomic mass is 9.82. The molecule has 0 aromatic carbocycles. The van der Waals surface area contributed by atoms with Gasteiger partial charge in [0.25, 0.3) is 0 Å². The molecule has 0 radical (unpaired) electrons. The van der Waals surface area contributed by atoms with Crippen LogP contribution in [0.25, 0.3) is 22.3 Å². The number of H-pyrrole nitrogens is 1. The van der Waals surface area contributed by atoms with Crippen molar-refractivity contribution in [2.75, 3.05) is 19.7 Å². The van der Waals surface area contributed by atoms with E-state index in [0.29, 0.717) is 37.9 Å². The Morgan fingerprint density at radius 1 is 1.23 bits per heavy atom. The summed E-state index contributed by atoms with van der Waals surface area (Å²) in [6.07, 6.45) is 5.56. The highest BCUT2D eigenvalue weighted by atomic mass is 19.4. The van der Waals surface area contributed by atoms with Gasteiger partial charge in [0.1, 0.15) is 29.3 Å². The van der Waals surface area contributed by atoms with E-state index in [4.69, 9.17) is 4.74 Å². The van der Waals surface area contributed by atoms with Crippen molar-refractivity contribution >= 4 is 11.0 Å². The van der Waals surface area contributed by atoms with E-state index in [0.717, 1.165) is 41.2 Å². The van der Waals surface area contributed by atoms with Gasteiger partial charge >= 0.3 is 6.18 Å². The van der Waals surface area contributed by atoms with Crippen molar-refractivity contribution in [3.8, 4) is 23.2 Å². The van der Waals surface area contributed by atoms with E-state index in [1.54, 1.807) is 13.1 Å². The zero-order valence-corrected chi connectivity index (χ0v) is 24.3. The highest BCUT2D eigenvalue weighted by Crippen LogP contribution is 2.39. The maximum Gasteiger partial charge on any atom is 0.433 e. The molecule has 0 spiro atoms. The number of ether oxygens (including phenoxy) is 1. The van der Waals surface area contributed by atoms with Crippen molar-refractivity contribution in [3.05, 3.63) is 54.4 Å². The molecule has 14 heteroatoms. The zero-order chi connectivity index (χ0) is 30.9. The van der Waals surface area contributed by atoms with Crippen molar-refractivity contribution in [1.29, 1.82) is 5.26 Å². The van der Waals surface area contributed by atoms with E-state index in [9.17, 15) is 23.5 Å². The fraction of sp³-hybridized carbons (Fsp3) is 0.500. The highest BCUT2D eigenvalue weighted by molar-refractivity contribution is 5.90. The standard InChI is InChI=1S/C30H34F3N9O2/c1-19(15-43)36-12-20-10-25(30(31,32)33)40-26(11-20)44-23-4-2-22(3-5-23)41-16-29(17-41,7-8-34)42-14-21(13-39-42)27-24-6-9-35-28(24)38-18-37-27/h6,9-11,13-14,18-19,22-23,36,43H,2-5,7,12,15-17H2,1H3,(H,35,37,38)/t19-,22?,23?/m0/s1. The number of fused-ring (bicyclic) bond motifs is 1. The summed E-state index contributed by atoms with van der Waals surface area (Å²) in [7, 11) is 0. The summed E-state index contributed by atoms with van der Waals surface area (Å²) in [6.45, 7) is 3.14. The van der Waals surface area contributed by atoms with Crippen LogP contribution >= 0.6 is 0 Å². The average molecular weight is 610 g/mol. The van der Waals surface area contributed by atoms with Gasteiger partial charge in [-0.3, -0.25) is 9.58 Å². The lowest BCUT2D eigenvalue weighted by molar-refractivity contribution is -0.141. The number of nitriles is 1. The van der Waals surface area contributed by atoms with Crippen LogP contribution in [-0.2, 0) is 18.3 Å². The number of hydrogen-bond donors (Lipinski definition) is 3. The van der Waals surface area contributed by atoms with Crippen molar-refractivity contribution in [2.24, 2.45) is 0 Å². The summed E-state index contributed by atoms with van der Waals surface area (Å²) in [5, 5.41) is 27.4. The zero-order valence-electron chi connectivity index (χ0n) is 24.3. The molecule has 232 valence electrons. The maximum absolute atomic E-state index is 13.5. The number of pyridine rings is 1. The third-order valence-electron chi connectivity index (χ3n) is 8.63. The Morgan fingerprint density at radius 3 is 2.75 bits per heavy atom. The van der Waals surface area contributed by atoms with Crippen LogP contribution in [0, 0.1) is 11.3 Å². The Bertz CT molecular complexity index is 1630. The van der Waals surface area contributed by atoms with Crippen molar-refractivity contribution in [1.82, 2.24) is 39.9 Å². The van der Waals surface area contributed by atoms with Gasteiger partial charge in [-0.05, 0) is 50.3 Å². The van der Waals surface area contributed by atoms with Gasteiger partial charge in [0.2, 0.25) is 5.88 Å². The van der Waals surface area contributed by atoms with Gasteiger partial charge in [-0.1, -0.05) is 0 Å². The molecule has 0 bridgehead atoms. The summed E-state index contributed by atoms with van der Waals surface area (Å²) in [5.74, 6) is -0.0381. The number of hydrogen-bond acceptors (Lipinski definition) is 9. The van der Waals surface area contributed by atoms with Gasteiger partial charge in [-0.25, -0.2) is 15.0 Å². The summed E-state index contributed by atoms with van der Waals surface area (Å²) in [5.41, 5.74) is 1.34. The van der Waals surface area contributed by atoms with Crippen molar-refractivity contribution < 1.29 is 23.0 Å². The second kappa shape index (κ2) is 12.1. The highest BCUT2D eigenvalue weighted by Gasteiger charge is 2.48. The molecule has 44 heavy (non-hydrogen) atoms. The molecular weight excluding hydrogens is 575 g/mol. The lowest BCUT2D eigenvalue weighted by Crippen LogP contribution is -2.65. The normalized spacial score (nSPS) is 21.1. The SMILES string of the molecule is C[C@@H](CO)NCc1cc(OC2CCC(N3CC(CC#N)(n4cc(-c5ncnc6[nH]ccc56)cn4)C3)CC2)nc(C(F)(F)F)c1. The first-order valence-electron chi connectivity index (χ1n) is 14.7. The number of rotatable bonds is 10. The lowest BCUT2D eigenvalue weighted by Gasteiger charge is -2.53. The van der Waals surface area contributed by atoms with Gasteiger partial charge in [0.05, 0.1) is 31.0 Å². The summed E-state index contributed by atoms with van der Waals surface area (Å²) >= 11 is 0. The van der Waals surface area contributed by atoms with E-state index in [-0.39, 0.29) is 37.2 Å². The fourth-order valence-corrected chi connectivity index (χ4v) is 6.18. The molecule has 1 aliphatic heterocycles. The van der Waals surface area contributed by atoms with Gasteiger partial charge in [0.15, 0.2) is 0 Å². The van der Waals surface area contributed by atoms with E-state index in [1.807, 2.05) is 23.1 Å². The third-order valence-corrected chi connectivity index (χ3v) is 8.63.